The highest BCUT2D eigenvalue weighted by atomic mass is 16.5. The van der Waals surface area contributed by atoms with Crippen LogP contribution in [0.4, 0.5) is 0 Å². The van der Waals surface area contributed by atoms with E-state index < -0.39 is 0 Å². The number of carbonyl (C=O) groups excluding carboxylic acids is 1. The molecule has 2 heterocycles. The molecule has 1 fully saturated rings. The number of aromatic nitrogens is 4. The van der Waals surface area contributed by atoms with Crippen molar-refractivity contribution in [3.63, 3.8) is 0 Å². The van der Waals surface area contributed by atoms with Gasteiger partial charge in [0.15, 0.2) is 0 Å². The molecule has 1 aromatic carbocycles. The van der Waals surface area contributed by atoms with Gasteiger partial charge < -0.3 is 15.0 Å². The van der Waals surface area contributed by atoms with E-state index in [4.69, 9.17) is 9.72 Å². The van der Waals surface area contributed by atoms with Crippen molar-refractivity contribution in [1.29, 1.82) is 0 Å². The molecule has 0 radical (unpaired) electrons. The van der Waals surface area contributed by atoms with Gasteiger partial charge in [0.2, 0.25) is 0 Å². The Balaban J connectivity index is 1.61. The van der Waals surface area contributed by atoms with Gasteiger partial charge in [-0.25, -0.2) is 14.6 Å². The van der Waals surface area contributed by atoms with Gasteiger partial charge in [-0.2, -0.15) is 5.10 Å². The SMILES string of the molecule is COc1cccc(-c2ccnc(-n3ncc(C(=O)NCC(C)(C)CN(C)C)c3C3CC3)n2)c1. The number of amides is 1. The van der Waals surface area contributed by atoms with Crippen LogP contribution >= 0.6 is 0 Å². The molecule has 3 aromatic rings. The summed E-state index contributed by atoms with van der Waals surface area (Å²) in [6.45, 7) is 5.76. The summed E-state index contributed by atoms with van der Waals surface area (Å²) in [4.78, 5) is 24.4. The first-order valence-electron chi connectivity index (χ1n) is 11.3. The number of methoxy groups -OCH3 is 1. The monoisotopic (exact) mass is 448 g/mol. The van der Waals surface area contributed by atoms with E-state index in [1.54, 1.807) is 24.2 Å². The number of nitrogens with one attached hydrogen (secondary N) is 1. The van der Waals surface area contributed by atoms with Crippen molar-refractivity contribution >= 4 is 5.91 Å². The molecule has 0 atom stereocenters. The zero-order valence-electron chi connectivity index (χ0n) is 20.0. The fourth-order valence-electron chi connectivity index (χ4n) is 4.16. The minimum absolute atomic E-state index is 0.0386. The second-order valence-electron chi connectivity index (χ2n) is 9.69. The van der Waals surface area contributed by atoms with Crippen molar-refractivity contribution in [2.24, 2.45) is 5.41 Å². The largest absolute Gasteiger partial charge is 0.497 e. The highest BCUT2D eigenvalue weighted by Gasteiger charge is 2.34. The lowest BCUT2D eigenvalue weighted by Gasteiger charge is -2.28. The molecule has 33 heavy (non-hydrogen) atoms. The number of rotatable bonds is 9. The topological polar surface area (TPSA) is 85.2 Å². The van der Waals surface area contributed by atoms with Crippen LogP contribution in [0.5, 0.6) is 5.75 Å². The van der Waals surface area contributed by atoms with Gasteiger partial charge in [-0.05, 0) is 50.6 Å². The van der Waals surface area contributed by atoms with E-state index in [9.17, 15) is 4.79 Å². The van der Waals surface area contributed by atoms with Crippen molar-refractivity contribution in [3.05, 3.63) is 54.0 Å². The first-order valence-corrected chi connectivity index (χ1v) is 11.3. The van der Waals surface area contributed by atoms with Gasteiger partial charge in [0.1, 0.15) is 5.75 Å². The van der Waals surface area contributed by atoms with Crippen molar-refractivity contribution in [3.8, 4) is 23.0 Å². The van der Waals surface area contributed by atoms with E-state index in [1.165, 1.54) is 0 Å². The fourth-order valence-corrected chi connectivity index (χ4v) is 4.16. The number of benzene rings is 1. The number of hydrogen-bond acceptors (Lipinski definition) is 6. The molecule has 2 aromatic heterocycles. The quantitative estimate of drug-likeness (QED) is 0.539. The molecule has 1 N–H and O–H groups in total. The second-order valence-corrected chi connectivity index (χ2v) is 9.69. The van der Waals surface area contributed by atoms with Crippen LogP contribution in [0.3, 0.4) is 0 Å². The van der Waals surface area contributed by atoms with Crippen molar-refractivity contribution in [1.82, 2.24) is 30.0 Å². The van der Waals surface area contributed by atoms with Crippen LogP contribution in [-0.2, 0) is 0 Å². The molecular formula is C25H32N6O2. The van der Waals surface area contributed by atoms with E-state index in [1.807, 2.05) is 44.4 Å². The van der Waals surface area contributed by atoms with Crippen LogP contribution in [0.1, 0.15) is 48.7 Å². The van der Waals surface area contributed by atoms with Gasteiger partial charge in [0.25, 0.3) is 11.9 Å². The smallest absolute Gasteiger partial charge is 0.254 e. The fraction of sp³-hybridized carbons (Fsp3) is 0.440. The third-order valence-corrected chi connectivity index (χ3v) is 5.68. The Morgan fingerprint density at radius 3 is 2.76 bits per heavy atom. The lowest BCUT2D eigenvalue weighted by molar-refractivity contribution is 0.0928. The third-order valence-electron chi connectivity index (χ3n) is 5.68. The normalized spacial score (nSPS) is 13.9. The van der Waals surface area contributed by atoms with Crippen LogP contribution in [0.2, 0.25) is 0 Å². The van der Waals surface area contributed by atoms with Gasteiger partial charge in [-0.1, -0.05) is 26.0 Å². The average molecular weight is 449 g/mol. The Kier molecular flexibility index (Phi) is 6.47. The summed E-state index contributed by atoms with van der Waals surface area (Å²) in [7, 11) is 5.72. The van der Waals surface area contributed by atoms with Gasteiger partial charge in [0.05, 0.1) is 30.3 Å². The maximum Gasteiger partial charge on any atom is 0.254 e. The molecule has 1 saturated carbocycles. The number of nitrogens with zero attached hydrogens (tertiary/aromatic N) is 5. The third kappa shape index (κ3) is 5.39. The van der Waals surface area contributed by atoms with E-state index in [2.05, 4.69) is 34.1 Å². The predicted octanol–water partition coefficient (Wildman–Crippen LogP) is 3.53. The van der Waals surface area contributed by atoms with Crippen molar-refractivity contribution < 1.29 is 9.53 Å². The lowest BCUT2D eigenvalue weighted by Crippen LogP contribution is -2.40. The molecule has 1 amide bonds. The summed E-state index contributed by atoms with van der Waals surface area (Å²) in [6.07, 6.45) is 5.43. The van der Waals surface area contributed by atoms with Crippen LogP contribution in [0.25, 0.3) is 17.2 Å². The maximum atomic E-state index is 13.1. The molecule has 4 rings (SSSR count). The molecule has 1 aliphatic carbocycles. The Bertz CT molecular complexity index is 1130. The van der Waals surface area contributed by atoms with Crippen LogP contribution in [-0.4, -0.2) is 64.9 Å². The van der Waals surface area contributed by atoms with Gasteiger partial charge in [-0.15, -0.1) is 0 Å². The van der Waals surface area contributed by atoms with Gasteiger partial charge >= 0.3 is 0 Å². The molecule has 174 valence electrons. The van der Waals surface area contributed by atoms with Crippen molar-refractivity contribution in [2.45, 2.75) is 32.6 Å². The van der Waals surface area contributed by atoms with Gasteiger partial charge in [0, 0.05) is 30.8 Å². The zero-order valence-corrected chi connectivity index (χ0v) is 20.0. The number of ether oxygens (including phenoxy) is 1. The Morgan fingerprint density at radius 2 is 2.06 bits per heavy atom. The second kappa shape index (κ2) is 9.31. The number of hydrogen-bond donors (Lipinski definition) is 1. The van der Waals surface area contributed by atoms with Crippen molar-refractivity contribution in [2.75, 3.05) is 34.3 Å². The Hall–Kier alpha value is -3.26. The summed E-state index contributed by atoms with van der Waals surface area (Å²) >= 11 is 0. The van der Waals surface area contributed by atoms with Gasteiger partial charge in [-0.3, -0.25) is 4.79 Å². The summed E-state index contributed by atoms with van der Waals surface area (Å²) in [6, 6.07) is 9.60. The molecular weight excluding hydrogens is 416 g/mol. The lowest BCUT2D eigenvalue weighted by atomic mass is 9.93. The van der Waals surface area contributed by atoms with E-state index in [0.717, 1.165) is 42.1 Å². The Labute approximate surface area is 195 Å². The summed E-state index contributed by atoms with van der Waals surface area (Å²) in [5.41, 5.74) is 3.16. The zero-order chi connectivity index (χ0) is 23.6. The summed E-state index contributed by atoms with van der Waals surface area (Å²) < 4.78 is 7.06. The van der Waals surface area contributed by atoms with E-state index >= 15 is 0 Å². The molecule has 8 heteroatoms. The standard InChI is InChI=1S/C25H32N6O2/c1-25(2,16-30(3)4)15-27-23(32)20-14-28-31(22(20)17-9-10-17)24-26-12-11-21(29-24)18-7-6-8-19(13-18)33-5/h6-8,11-14,17H,9-10,15-16H2,1-5H3,(H,27,32). The highest BCUT2D eigenvalue weighted by Crippen LogP contribution is 2.42. The molecule has 0 aliphatic heterocycles. The Morgan fingerprint density at radius 1 is 1.27 bits per heavy atom. The minimum Gasteiger partial charge on any atom is -0.497 e. The highest BCUT2D eigenvalue weighted by molar-refractivity contribution is 5.95. The average Bonchev–Trinajstić information content (AvgIpc) is 3.54. The van der Waals surface area contributed by atoms with Crippen LogP contribution in [0, 0.1) is 5.41 Å². The molecule has 0 spiro atoms. The molecule has 0 bridgehead atoms. The predicted molar refractivity (Wildman–Crippen MR) is 128 cm³/mol. The maximum absolute atomic E-state index is 13.1. The first kappa shape index (κ1) is 22.9. The van der Waals surface area contributed by atoms with E-state index in [0.29, 0.717) is 24.0 Å². The number of carbonyl (C=O) groups is 1. The molecule has 0 unspecified atom stereocenters. The van der Waals surface area contributed by atoms with Crippen LogP contribution < -0.4 is 10.1 Å². The van der Waals surface area contributed by atoms with E-state index in [-0.39, 0.29) is 11.3 Å². The molecule has 8 nitrogen and oxygen atoms in total. The first-order chi connectivity index (χ1) is 15.8. The van der Waals surface area contributed by atoms with Crippen LogP contribution in [0.15, 0.2) is 42.7 Å². The molecule has 1 aliphatic rings. The summed E-state index contributed by atoms with van der Waals surface area (Å²) in [5, 5.41) is 7.64. The molecule has 0 saturated heterocycles. The minimum atomic E-state index is -0.0982. The summed E-state index contributed by atoms with van der Waals surface area (Å²) in [5.74, 6) is 1.43.